The molecule has 0 aliphatic carbocycles. The molecule has 0 atom stereocenters. The number of benzene rings is 1. The lowest BCUT2D eigenvalue weighted by Gasteiger charge is -2.14. The Balaban J connectivity index is 2.55. The Morgan fingerprint density at radius 2 is 2.00 bits per heavy atom. The first-order valence-corrected chi connectivity index (χ1v) is 5.03. The van der Waals surface area contributed by atoms with E-state index in [0.29, 0.717) is 5.78 Å². The first-order valence-electron chi connectivity index (χ1n) is 5.03. The van der Waals surface area contributed by atoms with Crippen LogP contribution < -0.4 is 4.90 Å². The zero-order valence-electron chi connectivity index (χ0n) is 9.12. The number of rotatable bonds is 1. The van der Waals surface area contributed by atoms with E-state index in [1.54, 1.807) is 6.33 Å². The summed E-state index contributed by atoms with van der Waals surface area (Å²) in [5, 5.41) is 8.97. The van der Waals surface area contributed by atoms with Crippen molar-refractivity contribution in [1.29, 1.82) is 0 Å². The van der Waals surface area contributed by atoms with Crippen LogP contribution in [-0.2, 0) is 0 Å². The molecule has 2 heterocycles. The second kappa shape index (κ2) is 3.16. The Morgan fingerprint density at radius 3 is 2.81 bits per heavy atom. The molecule has 0 radical (unpaired) electrons. The summed E-state index contributed by atoms with van der Waals surface area (Å²) in [4.78, 5) is 6.46. The Hall–Kier alpha value is -2.17. The summed E-state index contributed by atoms with van der Waals surface area (Å²) in [6.07, 6.45) is 1.68. The van der Waals surface area contributed by atoms with Gasteiger partial charge in [0.2, 0.25) is 0 Å². The quantitative estimate of drug-likeness (QED) is 0.612. The average Bonchev–Trinajstić information content (AvgIpc) is 2.75. The number of para-hydroxylation sites is 1. The standard InChI is InChI=1S/C11H11N5/c1-15(2)10-8-5-3-4-6-9(8)16-7-12-14-11(16)13-10/h3-7H,1-2H3. The van der Waals surface area contributed by atoms with E-state index in [4.69, 9.17) is 0 Å². The maximum Gasteiger partial charge on any atom is 0.257 e. The SMILES string of the molecule is CN(C)c1nc2nncn2c2ccccc12. The molecule has 0 fully saturated rings. The lowest BCUT2D eigenvalue weighted by Crippen LogP contribution is -2.12. The van der Waals surface area contributed by atoms with E-state index in [1.165, 1.54) is 0 Å². The van der Waals surface area contributed by atoms with Crippen molar-refractivity contribution in [2.45, 2.75) is 0 Å². The molecular formula is C11H11N5. The van der Waals surface area contributed by atoms with Gasteiger partial charge in [-0.3, -0.25) is 4.40 Å². The lowest BCUT2D eigenvalue weighted by atomic mass is 10.2. The van der Waals surface area contributed by atoms with Crippen molar-refractivity contribution in [3.63, 3.8) is 0 Å². The van der Waals surface area contributed by atoms with E-state index in [9.17, 15) is 0 Å². The Morgan fingerprint density at radius 1 is 1.19 bits per heavy atom. The van der Waals surface area contributed by atoms with Crippen molar-refractivity contribution in [2.24, 2.45) is 0 Å². The number of fused-ring (bicyclic) bond motifs is 3. The molecule has 0 spiro atoms. The summed E-state index contributed by atoms with van der Waals surface area (Å²) >= 11 is 0. The number of hydrogen-bond donors (Lipinski definition) is 0. The summed E-state index contributed by atoms with van der Waals surface area (Å²) in [6.45, 7) is 0. The zero-order valence-corrected chi connectivity index (χ0v) is 9.12. The van der Waals surface area contributed by atoms with E-state index in [0.717, 1.165) is 16.7 Å². The van der Waals surface area contributed by atoms with Crippen LogP contribution in [0.2, 0.25) is 0 Å². The number of nitrogens with zero attached hydrogens (tertiary/aromatic N) is 5. The van der Waals surface area contributed by atoms with Crippen molar-refractivity contribution in [2.75, 3.05) is 19.0 Å². The molecule has 0 saturated carbocycles. The van der Waals surface area contributed by atoms with Gasteiger partial charge in [-0.15, -0.1) is 10.2 Å². The van der Waals surface area contributed by atoms with Crippen molar-refractivity contribution in [3.8, 4) is 0 Å². The molecule has 0 N–H and O–H groups in total. The van der Waals surface area contributed by atoms with Gasteiger partial charge in [0.1, 0.15) is 12.1 Å². The smallest absolute Gasteiger partial charge is 0.257 e. The van der Waals surface area contributed by atoms with Gasteiger partial charge in [0.05, 0.1) is 5.52 Å². The van der Waals surface area contributed by atoms with Gasteiger partial charge in [-0.25, -0.2) is 0 Å². The van der Waals surface area contributed by atoms with Gasteiger partial charge in [-0.2, -0.15) is 4.98 Å². The molecule has 1 aromatic carbocycles. The van der Waals surface area contributed by atoms with E-state index < -0.39 is 0 Å². The predicted molar refractivity (Wildman–Crippen MR) is 62.6 cm³/mol. The highest BCUT2D eigenvalue weighted by atomic mass is 15.3. The summed E-state index contributed by atoms with van der Waals surface area (Å²) in [5.41, 5.74) is 1.07. The molecule has 2 aromatic heterocycles. The van der Waals surface area contributed by atoms with Crippen LogP contribution in [0.1, 0.15) is 0 Å². The fourth-order valence-corrected chi connectivity index (χ4v) is 1.84. The zero-order chi connectivity index (χ0) is 11.1. The van der Waals surface area contributed by atoms with E-state index >= 15 is 0 Å². The van der Waals surface area contributed by atoms with Crippen LogP contribution in [-0.4, -0.2) is 33.7 Å². The minimum Gasteiger partial charge on any atom is -0.362 e. The minimum absolute atomic E-state index is 0.627. The number of hydrogen-bond acceptors (Lipinski definition) is 4. The van der Waals surface area contributed by atoms with Gasteiger partial charge in [0.15, 0.2) is 0 Å². The molecule has 80 valence electrons. The number of anilines is 1. The van der Waals surface area contributed by atoms with Gasteiger partial charge in [0.25, 0.3) is 5.78 Å². The lowest BCUT2D eigenvalue weighted by molar-refractivity contribution is 1.05. The van der Waals surface area contributed by atoms with Crippen LogP contribution in [0.3, 0.4) is 0 Å². The van der Waals surface area contributed by atoms with Crippen molar-refractivity contribution in [3.05, 3.63) is 30.6 Å². The molecule has 3 rings (SSSR count). The Bertz CT molecular complexity index is 656. The van der Waals surface area contributed by atoms with E-state index in [1.807, 2.05) is 41.6 Å². The normalized spacial score (nSPS) is 11.1. The fraction of sp³-hybridized carbons (Fsp3) is 0.182. The molecule has 5 heteroatoms. The van der Waals surface area contributed by atoms with Gasteiger partial charge < -0.3 is 4.90 Å². The molecular weight excluding hydrogens is 202 g/mol. The summed E-state index contributed by atoms with van der Waals surface area (Å²) < 4.78 is 1.89. The maximum absolute atomic E-state index is 4.48. The third-order valence-electron chi connectivity index (χ3n) is 2.56. The molecule has 0 bridgehead atoms. The molecule has 0 unspecified atom stereocenters. The highest BCUT2D eigenvalue weighted by molar-refractivity contribution is 5.91. The van der Waals surface area contributed by atoms with Crippen LogP contribution in [0.4, 0.5) is 5.82 Å². The minimum atomic E-state index is 0.627. The summed E-state index contributed by atoms with van der Waals surface area (Å²) in [5.74, 6) is 1.54. The molecule has 16 heavy (non-hydrogen) atoms. The monoisotopic (exact) mass is 213 g/mol. The molecule has 0 aliphatic heterocycles. The first-order chi connectivity index (χ1) is 7.77. The fourth-order valence-electron chi connectivity index (χ4n) is 1.84. The van der Waals surface area contributed by atoms with Crippen LogP contribution >= 0.6 is 0 Å². The Labute approximate surface area is 92.3 Å². The maximum atomic E-state index is 4.48. The second-order valence-corrected chi connectivity index (χ2v) is 3.85. The molecule has 0 amide bonds. The van der Waals surface area contributed by atoms with Crippen LogP contribution in [0.15, 0.2) is 30.6 Å². The Kier molecular flexibility index (Phi) is 1.80. The van der Waals surface area contributed by atoms with Crippen LogP contribution in [0.5, 0.6) is 0 Å². The van der Waals surface area contributed by atoms with Crippen molar-refractivity contribution < 1.29 is 0 Å². The van der Waals surface area contributed by atoms with Gasteiger partial charge in [0, 0.05) is 19.5 Å². The second-order valence-electron chi connectivity index (χ2n) is 3.85. The largest absolute Gasteiger partial charge is 0.362 e. The molecule has 0 aliphatic rings. The van der Waals surface area contributed by atoms with E-state index in [-0.39, 0.29) is 0 Å². The van der Waals surface area contributed by atoms with Crippen LogP contribution in [0, 0.1) is 0 Å². The molecule has 5 nitrogen and oxygen atoms in total. The third kappa shape index (κ3) is 1.14. The summed E-state index contributed by atoms with van der Waals surface area (Å²) in [6, 6.07) is 8.10. The van der Waals surface area contributed by atoms with Gasteiger partial charge in [-0.05, 0) is 12.1 Å². The third-order valence-corrected chi connectivity index (χ3v) is 2.56. The number of aromatic nitrogens is 4. The predicted octanol–water partition coefficient (Wildman–Crippen LogP) is 1.34. The topological polar surface area (TPSA) is 46.3 Å². The summed E-state index contributed by atoms with van der Waals surface area (Å²) in [7, 11) is 3.95. The van der Waals surface area contributed by atoms with Gasteiger partial charge >= 0.3 is 0 Å². The highest BCUT2D eigenvalue weighted by Crippen LogP contribution is 2.23. The first kappa shape index (κ1) is 9.08. The van der Waals surface area contributed by atoms with Gasteiger partial charge in [-0.1, -0.05) is 12.1 Å². The van der Waals surface area contributed by atoms with Crippen molar-refractivity contribution >= 4 is 22.5 Å². The van der Waals surface area contributed by atoms with E-state index in [2.05, 4.69) is 21.2 Å². The highest BCUT2D eigenvalue weighted by Gasteiger charge is 2.09. The average molecular weight is 213 g/mol. The van der Waals surface area contributed by atoms with Crippen LogP contribution in [0.25, 0.3) is 16.7 Å². The molecule has 3 aromatic rings. The molecule has 0 saturated heterocycles. The van der Waals surface area contributed by atoms with Crippen molar-refractivity contribution in [1.82, 2.24) is 19.6 Å².